The van der Waals surface area contributed by atoms with Gasteiger partial charge < -0.3 is 4.74 Å². The molecule has 5 heteroatoms. The maximum absolute atomic E-state index is 11.0. The van der Waals surface area contributed by atoms with Crippen LogP contribution in [0.3, 0.4) is 0 Å². The second-order valence-corrected chi connectivity index (χ2v) is 6.67. The average molecular weight is 322 g/mol. The van der Waals surface area contributed by atoms with E-state index in [4.69, 9.17) is 16.3 Å². The average Bonchev–Trinajstić information content (AvgIpc) is 2.82. The van der Waals surface area contributed by atoms with Crippen molar-refractivity contribution >= 4 is 28.9 Å². The minimum atomic E-state index is -0.262. The molecule has 1 aliphatic heterocycles. The van der Waals surface area contributed by atoms with Gasteiger partial charge in [-0.15, -0.1) is 11.3 Å². The number of carbonyl (C=O) groups excluding carboxylic acids is 1. The van der Waals surface area contributed by atoms with Crippen LogP contribution in [-0.4, -0.2) is 17.4 Å². The Balaban J connectivity index is 1.71. The summed E-state index contributed by atoms with van der Waals surface area (Å²) >= 11 is 7.80. The fourth-order valence-corrected chi connectivity index (χ4v) is 3.81. The Labute approximate surface area is 133 Å². The van der Waals surface area contributed by atoms with E-state index in [1.54, 1.807) is 11.3 Å². The first-order valence-corrected chi connectivity index (χ1v) is 8.07. The van der Waals surface area contributed by atoms with Crippen LogP contribution >= 0.6 is 22.9 Å². The number of hydrogen-bond acceptors (Lipinski definition) is 4. The van der Waals surface area contributed by atoms with E-state index in [-0.39, 0.29) is 5.97 Å². The predicted molar refractivity (Wildman–Crippen MR) is 84.9 cm³/mol. The van der Waals surface area contributed by atoms with Crippen LogP contribution in [0.5, 0.6) is 5.06 Å². The molecule has 1 aliphatic rings. The van der Waals surface area contributed by atoms with Gasteiger partial charge in [-0.05, 0) is 29.7 Å². The molecule has 2 heterocycles. The van der Waals surface area contributed by atoms with Gasteiger partial charge in [0.1, 0.15) is 0 Å². The number of hydrogen-bond donors (Lipinski definition) is 0. The van der Waals surface area contributed by atoms with Crippen molar-refractivity contribution in [1.29, 1.82) is 0 Å². The van der Waals surface area contributed by atoms with Crippen molar-refractivity contribution in [2.45, 2.75) is 26.4 Å². The first-order chi connectivity index (χ1) is 10.1. The third-order valence-electron chi connectivity index (χ3n) is 3.52. The second kappa shape index (κ2) is 6.18. The lowest BCUT2D eigenvalue weighted by Crippen LogP contribution is -2.29. The van der Waals surface area contributed by atoms with Crippen LogP contribution in [0, 0.1) is 0 Å². The molecular weight excluding hydrogens is 306 g/mol. The molecule has 0 spiro atoms. The third-order valence-corrected chi connectivity index (χ3v) is 5.00. The van der Waals surface area contributed by atoms with Crippen molar-refractivity contribution < 1.29 is 9.53 Å². The summed E-state index contributed by atoms with van der Waals surface area (Å²) in [5.74, 6) is -0.262. The van der Waals surface area contributed by atoms with Crippen molar-refractivity contribution in [3.8, 4) is 5.06 Å². The van der Waals surface area contributed by atoms with Gasteiger partial charge in [-0.3, -0.25) is 9.69 Å². The summed E-state index contributed by atoms with van der Waals surface area (Å²) in [6.07, 6.45) is 0.992. The number of esters is 1. The van der Waals surface area contributed by atoms with E-state index in [1.165, 1.54) is 17.4 Å². The van der Waals surface area contributed by atoms with E-state index >= 15 is 0 Å². The van der Waals surface area contributed by atoms with Gasteiger partial charge in [0.2, 0.25) is 0 Å². The zero-order valence-electron chi connectivity index (χ0n) is 11.8. The molecule has 0 aliphatic carbocycles. The van der Waals surface area contributed by atoms with Crippen molar-refractivity contribution in [3.63, 3.8) is 0 Å². The zero-order valence-corrected chi connectivity index (χ0v) is 13.3. The molecule has 0 N–H and O–H groups in total. The molecule has 2 aromatic rings. The number of fused-ring (bicyclic) bond motifs is 1. The summed E-state index contributed by atoms with van der Waals surface area (Å²) < 4.78 is 5.18. The van der Waals surface area contributed by atoms with Crippen molar-refractivity contribution in [3.05, 3.63) is 51.4 Å². The number of nitrogens with zero attached hydrogens (tertiary/aromatic N) is 1. The van der Waals surface area contributed by atoms with E-state index < -0.39 is 0 Å². The van der Waals surface area contributed by atoms with Crippen LogP contribution in [-0.2, 0) is 24.3 Å². The maximum atomic E-state index is 11.0. The first kappa shape index (κ1) is 14.6. The number of thiophene rings is 1. The quantitative estimate of drug-likeness (QED) is 0.803. The van der Waals surface area contributed by atoms with Crippen LogP contribution in [0.1, 0.15) is 22.9 Å². The Hall–Kier alpha value is -1.36. The monoisotopic (exact) mass is 321 g/mol. The normalized spacial score (nSPS) is 14.8. The highest BCUT2D eigenvalue weighted by molar-refractivity contribution is 7.14. The van der Waals surface area contributed by atoms with E-state index in [9.17, 15) is 4.79 Å². The van der Waals surface area contributed by atoms with Gasteiger partial charge in [0.15, 0.2) is 5.06 Å². The number of halogens is 1. The second-order valence-electron chi connectivity index (χ2n) is 5.16. The third kappa shape index (κ3) is 3.46. The molecule has 1 aromatic heterocycles. The zero-order chi connectivity index (χ0) is 14.8. The summed E-state index contributed by atoms with van der Waals surface area (Å²) in [5.41, 5.74) is 2.41. The van der Waals surface area contributed by atoms with Gasteiger partial charge in [0.25, 0.3) is 0 Å². The van der Waals surface area contributed by atoms with Gasteiger partial charge in [-0.1, -0.05) is 29.8 Å². The Bertz CT molecular complexity index is 668. The maximum Gasteiger partial charge on any atom is 0.308 e. The lowest BCUT2D eigenvalue weighted by Gasteiger charge is -2.26. The molecule has 0 saturated heterocycles. The smallest absolute Gasteiger partial charge is 0.308 e. The molecule has 21 heavy (non-hydrogen) atoms. The topological polar surface area (TPSA) is 29.5 Å². The molecule has 0 fully saturated rings. The van der Waals surface area contributed by atoms with Crippen LogP contribution in [0.4, 0.5) is 0 Å². The van der Waals surface area contributed by atoms with Crippen LogP contribution in [0.15, 0.2) is 30.3 Å². The Morgan fingerprint density at radius 1 is 1.43 bits per heavy atom. The molecule has 3 rings (SSSR count). The lowest BCUT2D eigenvalue weighted by atomic mass is 10.1. The molecule has 1 aromatic carbocycles. The molecule has 0 unspecified atom stereocenters. The van der Waals surface area contributed by atoms with Crippen molar-refractivity contribution in [2.75, 3.05) is 6.54 Å². The summed E-state index contributed by atoms with van der Waals surface area (Å²) in [4.78, 5) is 14.7. The Kier molecular flexibility index (Phi) is 4.29. The summed E-state index contributed by atoms with van der Waals surface area (Å²) in [7, 11) is 0. The van der Waals surface area contributed by atoms with E-state index in [2.05, 4.69) is 11.0 Å². The van der Waals surface area contributed by atoms with Gasteiger partial charge in [-0.25, -0.2) is 0 Å². The predicted octanol–water partition coefficient (Wildman–Crippen LogP) is 3.89. The molecule has 0 saturated carbocycles. The molecule has 0 amide bonds. The minimum absolute atomic E-state index is 0.262. The van der Waals surface area contributed by atoms with Crippen LogP contribution in [0.2, 0.25) is 5.02 Å². The van der Waals surface area contributed by atoms with Gasteiger partial charge >= 0.3 is 5.97 Å². The number of ether oxygens (including phenoxy) is 1. The summed E-state index contributed by atoms with van der Waals surface area (Å²) in [6.45, 7) is 4.15. The molecule has 0 atom stereocenters. The van der Waals surface area contributed by atoms with Crippen molar-refractivity contribution in [1.82, 2.24) is 4.90 Å². The summed E-state index contributed by atoms with van der Waals surface area (Å²) in [6, 6.07) is 9.94. The van der Waals surface area contributed by atoms with Gasteiger partial charge in [0, 0.05) is 36.5 Å². The highest BCUT2D eigenvalue weighted by Gasteiger charge is 2.20. The molecule has 110 valence electrons. The Morgan fingerprint density at radius 3 is 3.00 bits per heavy atom. The first-order valence-electron chi connectivity index (χ1n) is 6.87. The fraction of sp³-hybridized carbons (Fsp3) is 0.312. The minimum Gasteiger partial charge on any atom is -0.416 e. The molecule has 3 nitrogen and oxygen atoms in total. The van der Waals surface area contributed by atoms with Crippen molar-refractivity contribution in [2.24, 2.45) is 0 Å². The van der Waals surface area contributed by atoms with Gasteiger partial charge in [-0.2, -0.15) is 0 Å². The van der Waals surface area contributed by atoms with E-state index in [0.717, 1.165) is 36.6 Å². The van der Waals surface area contributed by atoms with Gasteiger partial charge in [0.05, 0.1) is 0 Å². The highest BCUT2D eigenvalue weighted by Crippen LogP contribution is 2.34. The summed E-state index contributed by atoms with van der Waals surface area (Å²) in [5, 5.41) is 1.52. The molecular formula is C16H16ClNO2S. The fourth-order valence-electron chi connectivity index (χ4n) is 2.56. The molecule has 0 bridgehead atoms. The van der Waals surface area contributed by atoms with Crippen LogP contribution in [0.25, 0.3) is 0 Å². The highest BCUT2D eigenvalue weighted by atomic mass is 35.5. The molecule has 0 radical (unpaired) electrons. The largest absolute Gasteiger partial charge is 0.416 e. The van der Waals surface area contributed by atoms with E-state index in [1.807, 2.05) is 24.3 Å². The lowest BCUT2D eigenvalue weighted by molar-refractivity contribution is -0.131. The van der Waals surface area contributed by atoms with E-state index in [0.29, 0.717) is 5.06 Å². The van der Waals surface area contributed by atoms with Crippen LogP contribution < -0.4 is 4.74 Å². The number of rotatable bonds is 3. The standard InChI is InChI=1S/C16H16ClNO2S/c1-11(19)20-16-8-13-10-18(7-6-15(13)21-16)9-12-4-2-3-5-14(12)17/h2-5,8H,6-7,9-10H2,1H3. The number of benzene rings is 1. The SMILES string of the molecule is CC(=O)Oc1cc2c(s1)CCN(Cc1ccccc1Cl)C2. The number of carbonyl (C=O) groups is 1. The Morgan fingerprint density at radius 2 is 2.24 bits per heavy atom.